The van der Waals surface area contributed by atoms with Crippen LogP contribution < -0.4 is 10.6 Å². The average molecular weight is 549 g/mol. The van der Waals surface area contributed by atoms with Crippen molar-refractivity contribution in [1.82, 2.24) is 29.5 Å². The highest BCUT2D eigenvalue weighted by Crippen LogP contribution is 2.35. The summed E-state index contributed by atoms with van der Waals surface area (Å²) in [6.07, 6.45) is 4.01. The summed E-state index contributed by atoms with van der Waals surface area (Å²) in [5, 5.41) is 15.7. The Hall–Kier alpha value is -4.83. The molecule has 9 nitrogen and oxygen atoms in total. The van der Waals surface area contributed by atoms with Gasteiger partial charge in [0, 0.05) is 46.2 Å². The summed E-state index contributed by atoms with van der Waals surface area (Å²) in [5.41, 5.74) is 5.83. The van der Waals surface area contributed by atoms with Crippen LogP contribution in [-0.2, 0) is 16.6 Å². The lowest BCUT2D eigenvalue weighted by atomic mass is 9.92. The number of anilines is 3. The predicted octanol–water partition coefficient (Wildman–Crippen LogP) is 6.47. The summed E-state index contributed by atoms with van der Waals surface area (Å²) in [5.74, 6) is 1.01. The zero-order valence-corrected chi connectivity index (χ0v) is 23.2. The van der Waals surface area contributed by atoms with Crippen molar-refractivity contribution in [3.05, 3.63) is 95.8 Å². The minimum Gasteiger partial charge on any atom is -0.326 e. The molecule has 0 saturated heterocycles. The standard InChI is InChI=1S/C30H28N8OS/c1-30(2,3)23-18-24(37-36-23)34-28-31-13-12-22(33-28)27-26(35-29-38(27)14-15-40-29)20-10-7-11-21(17-20)32-25(39)16-19-8-5-4-6-9-19/h4-15,17-18H,16H2,1-3H3,(H,32,39)(H2,31,33,34,36,37). The second kappa shape index (κ2) is 10.4. The fourth-order valence-electron chi connectivity index (χ4n) is 4.40. The van der Waals surface area contributed by atoms with Gasteiger partial charge >= 0.3 is 0 Å². The number of aromatic amines is 1. The third-order valence-corrected chi connectivity index (χ3v) is 7.17. The number of nitrogens with one attached hydrogen (secondary N) is 3. The van der Waals surface area contributed by atoms with Gasteiger partial charge < -0.3 is 10.6 Å². The lowest BCUT2D eigenvalue weighted by Gasteiger charge is -2.14. The van der Waals surface area contributed by atoms with Gasteiger partial charge in [-0.1, -0.05) is 63.2 Å². The maximum Gasteiger partial charge on any atom is 0.228 e. The molecular weight excluding hydrogens is 520 g/mol. The first-order valence-electron chi connectivity index (χ1n) is 12.9. The Balaban J connectivity index is 1.30. The normalized spacial score (nSPS) is 11.6. The molecule has 0 atom stereocenters. The Kier molecular flexibility index (Phi) is 6.61. The monoisotopic (exact) mass is 548 g/mol. The van der Waals surface area contributed by atoms with E-state index >= 15 is 0 Å². The number of nitrogens with zero attached hydrogens (tertiary/aromatic N) is 5. The van der Waals surface area contributed by atoms with Crippen molar-refractivity contribution >= 4 is 39.7 Å². The van der Waals surface area contributed by atoms with Crippen molar-refractivity contribution in [2.24, 2.45) is 0 Å². The number of fused-ring (bicyclic) bond motifs is 1. The van der Waals surface area contributed by atoms with Crippen molar-refractivity contribution in [2.75, 3.05) is 10.6 Å². The van der Waals surface area contributed by atoms with Crippen LogP contribution in [0.4, 0.5) is 17.5 Å². The molecule has 0 bridgehead atoms. The summed E-state index contributed by atoms with van der Waals surface area (Å²) < 4.78 is 2.03. The highest BCUT2D eigenvalue weighted by Gasteiger charge is 2.20. The minimum atomic E-state index is -0.0751. The van der Waals surface area contributed by atoms with E-state index in [2.05, 4.69) is 46.6 Å². The number of benzene rings is 2. The van der Waals surface area contributed by atoms with E-state index < -0.39 is 0 Å². The van der Waals surface area contributed by atoms with Crippen molar-refractivity contribution in [3.63, 3.8) is 0 Å². The molecule has 0 saturated carbocycles. The fourth-order valence-corrected chi connectivity index (χ4v) is 5.11. The van der Waals surface area contributed by atoms with Crippen LogP contribution in [0.2, 0.25) is 0 Å². The molecule has 4 aromatic heterocycles. The van der Waals surface area contributed by atoms with Gasteiger partial charge in [0.15, 0.2) is 10.8 Å². The molecule has 1 amide bonds. The van der Waals surface area contributed by atoms with Crippen LogP contribution in [0.15, 0.2) is 84.5 Å². The van der Waals surface area contributed by atoms with Gasteiger partial charge in [-0.25, -0.2) is 15.0 Å². The van der Waals surface area contributed by atoms with Crippen LogP contribution in [0.3, 0.4) is 0 Å². The topological polar surface area (TPSA) is 113 Å². The van der Waals surface area contributed by atoms with E-state index in [4.69, 9.17) is 9.97 Å². The Labute approximate surface area is 235 Å². The first-order chi connectivity index (χ1) is 19.3. The van der Waals surface area contributed by atoms with Gasteiger partial charge in [-0.15, -0.1) is 11.3 Å². The molecule has 6 rings (SSSR count). The molecule has 0 unspecified atom stereocenters. The lowest BCUT2D eigenvalue weighted by Crippen LogP contribution is -2.14. The van der Waals surface area contributed by atoms with Crippen LogP contribution in [0, 0.1) is 0 Å². The fraction of sp³-hybridized carbons (Fsp3) is 0.167. The molecule has 6 aromatic rings. The molecular formula is C30H28N8OS. The molecule has 200 valence electrons. The molecule has 0 spiro atoms. The Morgan fingerprint density at radius 2 is 1.88 bits per heavy atom. The molecule has 0 aliphatic heterocycles. The SMILES string of the molecule is CC(C)(C)c1cc(Nc2nccc(-c3c(-c4cccc(NC(=O)Cc5ccccc5)c4)nc4sccn34)n2)n[nH]1. The lowest BCUT2D eigenvalue weighted by molar-refractivity contribution is -0.115. The van der Waals surface area contributed by atoms with Gasteiger partial charge in [0.05, 0.1) is 17.8 Å². The van der Waals surface area contributed by atoms with E-state index in [9.17, 15) is 4.79 Å². The van der Waals surface area contributed by atoms with Gasteiger partial charge in [-0.3, -0.25) is 14.3 Å². The Morgan fingerprint density at radius 1 is 1.02 bits per heavy atom. The number of H-pyrrole nitrogens is 1. The van der Waals surface area contributed by atoms with Crippen molar-refractivity contribution in [3.8, 4) is 22.6 Å². The number of imidazole rings is 1. The zero-order chi connectivity index (χ0) is 27.7. The summed E-state index contributed by atoms with van der Waals surface area (Å²) >= 11 is 1.55. The summed E-state index contributed by atoms with van der Waals surface area (Å²) in [7, 11) is 0. The van der Waals surface area contributed by atoms with E-state index in [-0.39, 0.29) is 11.3 Å². The summed E-state index contributed by atoms with van der Waals surface area (Å²) in [4.78, 5) is 27.7. The van der Waals surface area contributed by atoms with Crippen LogP contribution in [0.5, 0.6) is 0 Å². The summed E-state index contributed by atoms with van der Waals surface area (Å²) in [6, 6.07) is 21.3. The number of rotatable bonds is 7. The second-order valence-corrected chi connectivity index (χ2v) is 11.3. The maximum absolute atomic E-state index is 12.7. The van der Waals surface area contributed by atoms with Gasteiger partial charge in [0.2, 0.25) is 11.9 Å². The largest absolute Gasteiger partial charge is 0.326 e. The maximum atomic E-state index is 12.7. The van der Waals surface area contributed by atoms with Crippen molar-refractivity contribution in [1.29, 1.82) is 0 Å². The van der Waals surface area contributed by atoms with Gasteiger partial charge in [-0.2, -0.15) is 5.10 Å². The number of carbonyl (C=O) groups excluding carboxylic acids is 1. The van der Waals surface area contributed by atoms with Crippen LogP contribution in [-0.4, -0.2) is 35.5 Å². The first kappa shape index (κ1) is 25.4. The zero-order valence-electron chi connectivity index (χ0n) is 22.3. The molecule has 40 heavy (non-hydrogen) atoms. The number of carbonyl (C=O) groups is 1. The van der Waals surface area contributed by atoms with Crippen molar-refractivity contribution < 1.29 is 4.79 Å². The molecule has 0 fully saturated rings. The first-order valence-corrected chi connectivity index (χ1v) is 13.8. The third-order valence-electron chi connectivity index (χ3n) is 6.41. The molecule has 0 aliphatic carbocycles. The molecule has 2 aromatic carbocycles. The second-order valence-electron chi connectivity index (χ2n) is 10.5. The Morgan fingerprint density at radius 3 is 2.67 bits per heavy atom. The summed E-state index contributed by atoms with van der Waals surface area (Å²) in [6.45, 7) is 6.37. The number of aromatic nitrogens is 6. The van der Waals surface area contributed by atoms with Crippen LogP contribution >= 0.6 is 11.3 Å². The Bertz CT molecular complexity index is 1800. The third kappa shape index (κ3) is 5.34. The number of amides is 1. The highest BCUT2D eigenvalue weighted by molar-refractivity contribution is 7.15. The van der Waals surface area contributed by atoms with Gasteiger partial charge in [-0.05, 0) is 23.8 Å². The van der Waals surface area contributed by atoms with E-state index in [1.807, 2.05) is 82.7 Å². The average Bonchev–Trinajstić information content (AvgIpc) is 3.66. The number of hydrogen-bond donors (Lipinski definition) is 3. The van der Waals surface area contributed by atoms with Crippen LogP contribution in [0.25, 0.3) is 27.6 Å². The number of thiazole rings is 1. The minimum absolute atomic E-state index is 0.0533. The van der Waals surface area contributed by atoms with E-state index in [1.165, 1.54) is 0 Å². The van der Waals surface area contributed by atoms with Crippen LogP contribution in [0.1, 0.15) is 32.0 Å². The molecule has 10 heteroatoms. The molecule has 3 N–H and O–H groups in total. The van der Waals surface area contributed by atoms with Crippen molar-refractivity contribution in [2.45, 2.75) is 32.6 Å². The van der Waals surface area contributed by atoms with Gasteiger partial charge in [0.1, 0.15) is 5.69 Å². The number of hydrogen-bond acceptors (Lipinski definition) is 7. The molecule has 0 aliphatic rings. The highest BCUT2D eigenvalue weighted by atomic mass is 32.1. The van der Waals surface area contributed by atoms with Gasteiger partial charge in [0.25, 0.3) is 0 Å². The molecule has 4 heterocycles. The quantitative estimate of drug-likeness (QED) is 0.211. The predicted molar refractivity (Wildman–Crippen MR) is 159 cm³/mol. The van der Waals surface area contributed by atoms with E-state index in [1.54, 1.807) is 17.5 Å². The smallest absolute Gasteiger partial charge is 0.228 e. The molecule has 0 radical (unpaired) electrons. The van der Waals surface area contributed by atoms with E-state index in [0.717, 1.165) is 33.2 Å². The van der Waals surface area contributed by atoms with E-state index in [0.29, 0.717) is 29.6 Å².